The van der Waals surface area contributed by atoms with E-state index in [0.29, 0.717) is 12.3 Å². The lowest BCUT2D eigenvalue weighted by Gasteiger charge is -2.53. The van der Waals surface area contributed by atoms with E-state index in [1.165, 1.54) is 37.7 Å². The first kappa shape index (κ1) is 18.4. The highest BCUT2D eigenvalue weighted by atomic mass is 16.5. The number of amides is 1. The molecule has 1 aromatic carbocycles. The van der Waals surface area contributed by atoms with Crippen LogP contribution in [-0.2, 0) is 15.1 Å². The van der Waals surface area contributed by atoms with Crippen molar-refractivity contribution < 1.29 is 9.53 Å². The maximum Gasteiger partial charge on any atom is 0.219 e. The monoisotopic (exact) mass is 344 g/mol. The first-order valence-electron chi connectivity index (χ1n) is 9.76. The van der Waals surface area contributed by atoms with Crippen molar-refractivity contribution in [1.29, 1.82) is 0 Å². The van der Waals surface area contributed by atoms with E-state index in [1.807, 2.05) is 6.07 Å². The molecule has 0 aromatic heterocycles. The molecule has 1 aliphatic heterocycles. The Morgan fingerprint density at radius 1 is 1.12 bits per heavy atom. The van der Waals surface area contributed by atoms with Crippen LogP contribution in [-0.4, -0.2) is 36.1 Å². The third-order valence-electron chi connectivity index (χ3n) is 5.98. The Hall–Kier alpha value is -1.39. The molecule has 1 aliphatic carbocycles. The number of morpholine rings is 1. The summed E-state index contributed by atoms with van der Waals surface area (Å²) in [7, 11) is 0. The number of rotatable bonds is 5. The minimum atomic E-state index is -0.306. The van der Waals surface area contributed by atoms with E-state index >= 15 is 0 Å². The van der Waals surface area contributed by atoms with Gasteiger partial charge >= 0.3 is 0 Å². The number of ether oxygens (including phenoxy) is 1. The van der Waals surface area contributed by atoms with Gasteiger partial charge in [-0.15, -0.1) is 0 Å². The molecule has 3 atom stereocenters. The van der Waals surface area contributed by atoms with Crippen LogP contribution in [0.4, 0.5) is 0 Å². The predicted octanol–water partition coefficient (Wildman–Crippen LogP) is 3.45. The second kappa shape index (κ2) is 7.88. The van der Waals surface area contributed by atoms with Crippen LogP contribution in [0.2, 0.25) is 0 Å². The summed E-state index contributed by atoms with van der Waals surface area (Å²) in [5.41, 5.74) is 6.73. The largest absolute Gasteiger partial charge is 0.373 e. The standard InChI is InChI=1S/C21H32N2O2/c1-16-14-23(15-17(2)25-16)21(13-20(22)24,18-9-5-3-6-10-18)19-11-7-4-8-12-19/h3,5-6,9-10,16-17,19H,4,7-8,11-15H2,1-2H3,(H2,22,24). The number of hydrogen-bond acceptors (Lipinski definition) is 3. The SMILES string of the molecule is CC1CN(C(CC(N)=O)(c2ccccc2)C2CCCCC2)CC(C)O1. The van der Waals surface area contributed by atoms with Crippen LogP contribution < -0.4 is 5.73 Å². The zero-order chi connectivity index (χ0) is 17.9. The van der Waals surface area contributed by atoms with Gasteiger partial charge in [-0.05, 0) is 38.2 Å². The van der Waals surface area contributed by atoms with Gasteiger partial charge in [0.05, 0.1) is 17.7 Å². The second-order valence-electron chi connectivity index (χ2n) is 7.93. The molecular formula is C21H32N2O2. The zero-order valence-corrected chi connectivity index (χ0v) is 15.6. The Morgan fingerprint density at radius 3 is 2.28 bits per heavy atom. The van der Waals surface area contributed by atoms with Crippen LogP contribution in [0, 0.1) is 5.92 Å². The van der Waals surface area contributed by atoms with Crippen molar-refractivity contribution in [3.63, 3.8) is 0 Å². The summed E-state index contributed by atoms with van der Waals surface area (Å²) in [6.07, 6.45) is 6.85. The quantitative estimate of drug-likeness (QED) is 0.890. The number of hydrogen-bond donors (Lipinski definition) is 1. The van der Waals surface area contributed by atoms with Crippen LogP contribution in [0.25, 0.3) is 0 Å². The number of carbonyl (C=O) groups excluding carboxylic acids is 1. The van der Waals surface area contributed by atoms with Gasteiger partial charge in [-0.25, -0.2) is 0 Å². The molecule has 0 radical (unpaired) electrons. The molecule has 138 valence electrons. The van der Waals surface area contributed by atoms with Crippen LogP contribution in [0.5, 0.6) is 0 Å². The summed E-state index contributed by atoms with van der Waals surface area (Å²) in [6, 6.07) is 10.6. The number of carbonyl (C=O) groups is 1. The highest BCUT2D eigenvalue weighted by molar-refractivity contribution is 5.75. The number of nitrogens with zero attached hydrogens (tertiary/aromatic N) is 1. The molecule has 1 aromatic rings. The Labute approximate surface area is 151 Å². The fourth-order valence-electron chi connectivity index (χ4n) is 5.11. The van der Waals surface area contributed by atoms with E-state index in [9.17, 15) is 4.79 Å². The predicted molar refractivity (Wildman–Crippen MR) is 100 cm³/mol. The molecule has 4 nitrogen and oxygen atoms in total. The molecular weight excluding hydrogens is 312 g/mol. The Balaban J connectivity index is 2.07. The lowest BCUT2D eigenvalue weighted by molar-refractivity contribution is -0.138. The Bertz CT molecular complexity index is 561. The molecule has 4 heteroatoms. The first-order valence-corrected chi connectivity index (χ1v) is 9.76. The molecule has 1 saturated heterocycles. The molecule has 1 amide bonds. The molecule has 3 rings (SSSR count). The van der Waals surface area contributed by atoms with Gasteiger partial charge in [-0.2, -0.15) is 0 Å². The number of nitrogens with two attached hydrogens (primary N) is 1. The fraction of sp³-hybridized carbons (Fsp3) is 0.667. The summed E-state index contributed by atoms with van der Waals surface area (Å²) in [6.45, 7) is 5.96. The van der Waals surface area contributed by atoms with Crippen LogP contribution in [0.15, 0.2) is 30.3 Å². The van der Waals surface area contributed by atoms with Crippen molar-refractivity contribution in [3.8, 4) is 0 Å². The van der Waals surface area contributed by atoms with Gasteiger partial charge in [0.2, 0.25) is 5.91 Å². The normalized spacial score (nSPS) is 28.4. The number of primary amides is 1. The highest BCUT2D eigenvalue weighted by Crippen LogP contribution is 2.47. The second-order valence-corrected chi connectivity index (χ2v) is 7.93. The lowest BCUT2D eigenvalue weighted by Crippen LogP contribution is -2.60. The molecule has 1 heterocycles. The third kappa shape index (κ3) is 3.90. The minimum Gasteiger partial charge on any atom is -0.373 e. The first-order chi connectivity index (χ1) is 12.0. The van der Waals surface area contributed by atoms with E-state index in [4.69, 9.17) is 10.5 Å². The van der Waals surface area contributed by atoms with Gasteiger partial charge in [0, 0.05) is 19.5 Å². The van der Waals surface area contributed by atoms with E-state index in [-0.39, 0.29) is 23.7 Å². The van der Waals surface area contributed by atoms with E-state index < -0.39 is 0 Å². The molecule has 1 saturated carbocycles. The topological polar surface area (TPSA) is 55.6 Å². The summed E-state index contributed by atoms with van der Waals surface area (Å²) >= 11 is 0. The average molecular weight is 344 g/mol. The van der Waals surface area contributed by atoms with Crippen LogP contribution >= 0.6 is 0 Å². The van der Waals surface area contributed by atoms with Crippen molar-refractivity contribution >= 4 is 5.91 Å². The minimum absolute atomic E-state index is 0.170. The van der Waals surface area contributed by atoms with Crippen molar-refractivity contribution in [2.24, 2.45) is 11.7 Å². The van der Waals surface area contributed by atoms with Gasteiger partial charge in [0.1, 0.15) is 0 Å². The molecule has 3 unspecified atom stereocenters. The maximum absolute atomic E-state index is 12.2. The van der Waals surface area contributed by atoms with E-state index in [1.54, 1.807) is 0 Å². The van der Waals surface area contributed by atoms with Gasteiger partial charge < -0.3 is 10.5 Å². The van der Waals surface area contributed by atoms with Crippen molar-refractivity contribution in [2.75, 3.05) is 13.1 Å². The van der Waals surface area contributed by atoms with Gasteiger partial charge in [0.25, 0.3) is 0 Å². The van der Waals surface area contributed by atoms with Gasteiger partial charge in [0.15, 0.2) is 0 Å². The van der Waals surface area contributed by atoms with Crippen molar-refractivity contribution in [1.82, 2.24) is 4.90 Å². The van der Waals surface area contributed by atoms with Crippen molar-refractivity contribution in [3.05, 3.63) is 35.9 Å². The van der Waals surface area contributed by atoms with Gasteiger partial charge in [-0.3, -0.25) is 9.69 Å². The molecule has 25 heavy (non-hydrogen) atoms. The zero-order valence-electron chi connectivity index (χ0n) is 15.6. The average Bonchev–Trinajstić information content (AvgIpc) is 2.60. The summed E-state index contributed by atoms with van der Waals surface area (Å²) in [4.78, 5) is 14.7. The summed E-state index contributed by atoms with van der Waals surface area (Å²) in [5, 5.41) is 0. The van der Waals surface area contributed by atoms with E-state index in [0.717, 1.165) is 13.1 Å². The van der Waals surface area contributed by atoms with Crippen LogP contribution in [0.1, 0.15) is 57.9 Å². The summed E-state index contributed by atoms with van der Waals surface area (Å²) < 4.78 is 5.98. The van der Waals surface area contributed by atoms with E-state index in [2.05, 4.69) is 43.0 Å². The smallest absolute Gasteiger partial charge is 0.219 e. The molecule has 2 N–H and O–H groups in total. The highest BCUT2D eigenvalue weighted by Gasteiger charge is 2.48. The molecule has 2 aliphatic rings. The summed E-state index contributed by atoms with van der Waals surface area (Å²) in [5.74, 6) is 0.259. The van der Waals surface area contributed by atoms with Gasteiger partial charge in [-0.1, -0.05) is 49.6 Å². The molecule has 2 fully saturated rings. The third-order valence-corrected chi connectivity index (χ3v) is 5.98. The molecule has 0 bridgehead atoms. The Kier molecular flexibility index (Phi) is 5.80. The maximum atomic E-state index is 12.2. The molecule has 0 spiro atoms. The fourth-order valence-corrected chi connectivity index (χ4v) is 5.11. The van der Waals surface area contributed by atoms with Crippen molar-refractivity contribution in [2.45, 2.75) is 70.1 Å². The lowest BCUT2D eigenvalue weighted by atomic mass is 9.67. The van der Waals surface area contributed by atoms with Crippen LogP contribution in [0.3, 0.4) is 0 Å². The number of benzene rings is 1. The Morgan fingerprint density at radius 2 is 1.72 bits per heavy atom.